The van der Waals surface area contributed by atoms with Gasteiger partial charge >= 0.3 is 0 Å². The van der Waals surface area contributed by atoms with Crippen molar-refractivity contribution in [2.75, 3.05) is 12.1 Å². The van der Waals surface area contributed by atoms with Gasteiger partial charge in [0.1, 0.15) is 23.1 Å². The minimum Gasteiger partial charge on any atom is -0.494 e. The molecule has 2 amide bonds. The highest BCUT2D eigenvalue weighted by molar-refractivity contribution is 5.99. The zero-order valence-corrected chi connectivity index (χ0v) is 16.8. The van der Waals surface area contributed by atoms with E-state index in [0.29, 0.717) is 5.75 Å². The van der Waals surface area contributed by atoms with Crippen molar-refractivity contribution in [1.29, 1.82) is 0 Å². The molecule has 0 aromatic heterocycles. The van der Waals surface area contributed by atoms with E-state index in [9.17, 15) is 23.5 Å². The summed E-state index contributed by atoms with van der Waals surface area (Å²) in [6.07, 6.45) is 0. The third-order valence-electron chi connectivity index (χ3n) is 4.71. The number of para-hydroxylation sites is 2. The highest BCUT2D eigenvalue weighted by atomic mass is 19.1. The second-order valence-electron chi connectivity index (χ2n) is 6.69. The number of ether oxygens (including phenoxy) is 1. The van der Waals surface area contributed by atoms with Crippen LogP contribution in [0.4, 0.5) is 14.5 Å². The summed E-state index contributed by atoms with van der Waals surface area (Å²) in [6.45, 7) is 1.22. The summed E-state index contributed by atoms with van der Waals surface area (Å²) in [4.78, 5) is 25.7. The van der Waals surface area contributed by atoms with Crippen molar-refractivity contribution < 1.29 is 28.2 Å². The molecule has 0 unspecified atom stereocenters. The van der Waals surface area contributed by atoms with E-state index < -0.39 is 29.0 Å². The number of carbonyl (C=O) groups excluding carboxylic acids is 2. The number of anilines is 1. The van der Waals surface area contributed by atoms with Gasteiger partial charge in [-0.2, -0.15) is 0 Å². The van der Waals surface area contributed by atoms with E-state index in [-0.39, 0.29) is 16.8 Å². The van der Waals surface area contributed by atoms with E-state index in [1.807, 2.05) is 0 Å². The molecule has 0 heterocycles. The normalized spacial score (nSPS) is 11.0. The van der Waals surface area contributed by atoms with Gasteiger partial charge in [0, 0.05) is 6.92 Å². The third kappa shape index (κ3) is 4.39. The van der Waals surface area contributed by atoms with Gasteiger partial charge in [0.25, 0.3) is 5.91 Å². The van der Waals surface area contributed by atoms with E-state index in [2.05, 4.69) is 5.43 Å². The Morgan fingerprint density at radius 2 is 1.39 bits per heavy atom. The quantitative estimate of drug-likeness (QED) is 0.614. The number of methoxy groups -OCH3 is 1. The molecule has 0 aliphatic carbocycles. The van der Waals surface area contributed by atoms with Gasteiger partial charge in [0.05, 0.1) is 7.11 Å². The molecule has 8 heteroatoms. The SMILES string of the molecule is COc1ccccc1N(NC(=O)C(O)(c1ccc(F)cc1)c1ccc(F)cc1)C(C)=O. The van der Waals surface area contributed by atoms with Crippen LogP contribution in [0.3, 0.4) is 0 Å². The van der Waals surface area contributed by atoms with Crippen molar-refractivity contribution in [1.82, 2.24) is 5.43 Å². The lowest BCUT2D eigenvalue weighted by Gasteiger charge is -2.32. The van der Waals surface area contributed by atoms with Crippen LogP contribution in [0.2, 0.25) is 0 Å². The number of carbonyl (C=O) groups is 2. The number of hydrogen-bond donors (Lipinski definition) is 2. The standard InChI is InChI=1S/C23H20F2N2O4/c1-15(28)27(20-5-3-4-6-21(20)31-2)26-22(29)23(30,16-7-11-18(24)12-8-16)17-9-13-19(25)14-10-17/h3-14,30H,1-2H3,(H,26,29). The molecule has 160 valence electrons. The molecule has 0 bridgehead atoms. The first kappa shape index (κ1) is 21.9. The number of aliphatic hydroxyl groups is 1. The molecule has 0 atom stereocenters. The number of halogens is 2. The van der Waals surface area contributed by atoms with Crippen LogP contribution in [-0.2, 0) is 15.2 Å². The predicted octanol–water partition coefficient (Wildman–Crippen LogP) is 3.29. The van der Waals surface area contributed by atoms with Gasteiger partial charge in [-0.15, -0.1) is 0 Å². The number of hydrogen-bond acceptors (Lipinski definition) is 4. The summed E-state index contributed by atoms with van der Waals surface area (Å²) in [7, 11) is 1.41. The number of nitrogens with zero attached hydrogens (tertiary/aromatic N) is 1. The molecule has 0 aliphatic rings. The second kappa shape index (κ2) is 8.93. The summed E-state index contributed by atoms with van der Waals surface area (Å²) in [5.41, 5.74) is 0.352. The summed E-state index contributed by atoms with van der Waals surface area (Å²) in [6, 6.07) is 15.8. The predicted molar refractivity (Wildman–Crippen MR) is 110 cm³/mol. The Bertz CT molecular complexity index is 1040. The maximum atomic E-state index is 13.5. The topological polar surface area (TPSA) is 78.9 Å². The number of benzene rings is 3. The van der Waals surface area contributed by atoms with Gasteiger partial charge in [-0.25, -0.2) is 13.8 Å². The van der Waals surface area contributed by atoms with Crippen LogP contribution in [0.25, 0.3) is 0 Å². The summed E-state index contributed by atoms with van der Waals surface area (Å²) >= 11 is 0. The zero-order chi connectivity index (χ0) is 22.6. The summed E-state index contributed by atoms with van der Waals surface area (Å²) in [5.74, 6) is -2.38. The summed E-state index contributed by atoms with van der Waals surface area (Å²) in [5, 5.41) is 12.4. The Morgan fingerprint density at radius 1 is 0.903 bits per heavy atom. The van der Waals surface area contributed by atoms with E-state index in [4.69, 9.17) is 4.74 Å². The van der Waals surface area contributed by atoms with Crippen LogP contribution in [0, 0.1) is 11.6 Å². The Morgan fingerprint density at radius 3 is 1.84 bits per heavy atom. The molecule has 0 aliphatic heterocycles. The van der Waals surface area contributed by atoms with Crippen LogP contribution in [0.1, 0.15) is 18.1 Å². The number of rotatable bonds is 5. The molecule has 6 nitrogen and oxygen atoms in total. The first-order valence-electron chi connectivity index (χ1n) is 9.26. The Hall–Kier alpha value is -3.78. The lowest BCUT2D eigenvalue weighted by Crippen LogP contribution is -2.54. The molecular formula is C23H20F2N2O4. The number of hydrazine groups is 1. The van der Waals surface area contributed by atoms with Gasteiger partial charge in [-0.05, 0) is 47.5 Å². The minimum absolute atomic E-state index is 0.0292. The first-order chi connectivity index (χ1) is 14.8. The van der Waals surface area contributed by atoms with Crippen LogP contribution >= 0.6 is 0 Å². The molecule has 0 radical (unpaired) electrons. The maximum Gasteiger partial charge on any atom is 0.280 e. The van der Waals surface area contributed by atoms with Crippen LogP contribution in [0.15, 0.2) is 72.8 Å². The molecular weight excluding hydrogens is 406 g/mol. The van der Waals surface area contributed by atoms with E-state index in [0.717, 1.165) is 29.3 Å². The summed E-state index contributed by atoms with van der Waals surface area (Å²) < 4.78 is 32.2. The van der Waals surface area contributed by atoms with Gasteiger partial charge in [-0.3, -0.25) is 15.0 Å². The number of amides is 2. The van der Waals surface area contributed by atoms with Crippen molar-refractivity contribution in [3.63, 3.8) is 0 Å². The lowest BCUT2D eigenvalue weighted by molar-refractivity contribution is -0.138. The fraction of sp³-hybridized carbons (Fsp3) is 0.130. The highest BCUT2D eigenvalue weighted by Crippen LogP contribution is 2.32. The monoisotopic (exact) mass is 426 g/mol. The maximum absolute atomic E-state index is 13.5. The largest absolute Gasteiger partial charge is 0.494 e. The molecule has 31 heavy (non-hydrogen) atoms. The van der Waals surface area contributed by atoms with Crippen molar-refractivity contribution in [3.05, 3.63) is 95.6 Å². The second-order valence-corrected chi connectivity index (χ2v) is 6.69. The average Bonchev–Trinajstić information content (AvgIpc) is 2.77. The van der Waals surface area contributed by atoms with Crippen molar-refractivity contribution in [3.8, 4) is 5.75 Å². The lowest BCUT2D eigenvalue weighted by atomic mass is 9.85. The fourth-order valence-electron chi connectivity index (χ4n) is 3.12. The van der Waals surface area contributed by atoms with Crippen molar-refractivity contribution >= 4 is 17.5 Å². The van der Waals surface area contributed by atoms with E-state index in [1.54, 1.807) is 24.3 Å². The Kier molecular flexibility index (Phi) is 6.31. The van der Waals surface area contributed by atoms with Crippen molar-refractivity contribution in [2.24, 2.45) is 0 Å². The fourth-order valence-corrected chi connectivity index (χ4v) is 3.12. The van der Waals surface area contributed by atoms with Gasteiger partial charge in [-0.1, -0.05) is 36.4 Å². The van der Waals surface area contributed by atoms with Gasteiger partial charge in [0.15, 0.2) is 5.60 Å². The zero-order valence-electron chi connectivity index (χ0n) is 16.8. The van der Waals surface area contributed by atoms with Crippen molar-refractivity contribution in [2.45, 2.75) is 12.5 Å². The Labute approximate surface area is 177 Å². The highest BCUT2D eigenvalue weighted by Gasteiger charge is 2.41. The molecule has 3 rings (SSSR count). The number of nitrogens with one attached hydrogen (secondary N) is 1. The van der Waals surface area contributed by atoms with E-state index >= 15 is 0 Å². The van der Waals surface area contributed by atoms with Gasteiger partial charge < -0.3 is 9.84 Å². The molecule has 0 saturated heterocycles. The molecule has 3 aromatic rings. The first-order valence-corrected chi connectivity index (χ1v) is 9.26. The molecule has 2 N–H and O–H groups in total. The third-order valence-corrected chi connectivity index (χ3v) is 4.71. The smallest absolute Gasteiger partial charge is 0.280 e. The molecule has 0 saturated carbocycles. The molecule has 0 fully saturated rings. The van der Waals surface area contributed by atoms with Gasteiger partial charge in [0.2, 0.25) is 5.91 Å². The van der Waals surface area contributed by atoms with Crippen LogP contribution in [-0.4, -0.2) is 24.0 Å². The molecule has 0 spiro atoms. The molecule has 3 aromatic carbocycles. The van der Waals surface area contributed by atoms with Crippen LogP contribution < -0.4 is 15.2 Å². The average molecular weight is 426 g/mol. The van der Waals surface area contributed by atoms with Crippen LogP contribution in [0.5, 0.6) is 5.75 Å². The minimum atomic E-state index is -2.35. The Balaban J connectivity index is 2.08. The van der Waals surface area contributed by atoms with E-state index in [1.165, 1.54) is 38.3 Å².